The molecular formula is C17H19BrN2O3S. The Morgan fingerprint density at radius 2 is 1.71 bits per heavy atom. The maximum Gasteiger partial charge on any atom is 0.243 e. The van der Waals surface area contributed by atoms with E-state index >= 15 is 0 Å². The predicted molar refractivity (Wildman–Crippen MR) is 97.0 cm³/mol. The summed E-state index contributed by atoms with van der Waals surface area (Å²) in [5.41, 5.74) is 0.962. The maximum absolute atomic E-state index is 12.5. The third-order valence-electron chi connectivity index (χ3n) is 3.57. The molecule has 24 heavy (non-hydrogen) atoms. The lowest BCUT2D eigenvalue weighted by molar-refractivity contribution is -0.121. The van der Waals surface area contributed by atoms with E-state index in [1.165, 1.54) is 19.2 Å². The van der Waals surface area contributed by atoms with Gasteiger partial charge in [0.05, 0.1) is 17.5 Å². The minimum absolute atomic E-state index is 0.150. The Labute approximate surface area is 150 Å². The molecular weight excluding hydrogens is 392 g/mol. The quantitative estimate of drug-likeness (QED) is 0.795. The van der Waals surface area contributed by atoms with E-state index in [1.54, 1.807) is 12.1 Å². The summed E-state index contributed by atoms with van der Waals surface area (Å²) in [4.78, 5) is 12.3. The molecule has 0 aromatic heterocycles. The number of carbonyl (C=O) groups excluding carboxylic acids is 1. The zero-order chi connectivity index (χ0) is 17.7. The molecule has 1 amide bonds. The molecule has 2 rings (SSSR count). The van der Waals surface area contributed by atoms with Gasteiger partial charge in [0, 0.05) is 11.5 Å². The highest BCUT2D eigenvalue weighted by molar-refractivity contribution is 9.10. The van der Waals surface area contributed by atoms with E-state index < -0.39 is 10.0 Å². The van der Waals surface area contributed by atoms with Crippen molar-refractivity contribution in [1.29, 1.82) is 0 Å². The first-order valence-electron chi connectivity index (χ1n) is 7.37. The average Bonchev–Trinajstić information content (AvgIpc) is 2.55. The lowest BCUT2D eigenvalue weighted by atomic mass is 10.1. The van der Waals surface area contributed by atoms with Crippen LogP contribution in [0.25, 0.3) is 0 Å². The molecule has 0 bridgehead atoms. The van der Waals surface area contributed by atoms with Crippen LogP contribution in [0.4, 0.5) is 0 Å². The summed E-state index contributed by atoms with van der Waals surface area (Å²) < 4.78 is 26.8. The summed E-state index contributed by atoms with van der Waals surface area (Å²) in [5, 5.41) is 2.81. The monoisotopic (exact) mass is 410 g/mol. The van der Waals surface area contributed by atoms with Crippen LogP contribution in [0.2, 0.25) is 0 Å². The Balaban J connectivity index is 2.01. The number of likely N-dealkylation sites (N-methyl/N-ethyl adjacent to an activating group) is 1. The summed E-state index contributed by atoms with van der Waals surface area (Å²) in [6, 6.07) is 15.6. The number of hydrogen-bond acceptors (Lipinski definition) is 3. The van der Waals surface area contributed by atoms with Crippen molar-refractivity contribution in [3.8, 4) is 0 Å². The Kier molecular flexibility index (Phi) is 6.15. The van der Waals surface area contributed by atoms with Crippen LogP contribution in [-0.2, 0) is 14.8 Å². The van der Waals surface area contributed by atoms with Crippen LogP contribution < -0.4 is 5.32 Å². The van der Waals surface area contributed by atoms with E-state index in [4.69, 9.17) is 0 Å². The van der Waals surface area contributed by atoms with Crippen molar-refractivity contribution < 1.29 is 13.2 Å². The molecule has 0 spiro atoms. The maximum atomic E-state index is 12.5. The number of rotatable bonds is 6. The Morgan fingerprint density at radius 3 is 2.29 bits per heavy atom. The van der Waals surface area contributed by atoms with Gasteiger partial charge in [-0.3, -0.25) is 4.79 Å². The summed E-state index contributed by atoms with van der Waals surface area (Å²) in [7, 11) is -2.31. The van der Waals surface area contributed by atoms with Crippen molar-refractivity contribution in [1.82, 2.24) is 9.62 Å². The molecule has 0 heterocycles. The average molecular weight is 411 g/mol. The van der Waals surface area contributed by atoms with Gasteiger partial charge in [-0.15, -0.1) is 0 Å². The molecule has 0 aliphatic heterocycles. The molecule has 1 atom stereocenters. The number of nitrogens with zero attached hydrogens (tertiary/aromatic N) is 1. The van der Waals surface area contributed by atoms with Crippen LogP contribution in [0.1, 0.15) is 18.5 Å². The third kappa shape index (κ3) is 4.66. The van der Waals surface area contributed by atoms with Gasteiger partial charge in [0.1, 0.15) is 0 Å². The second-order valence-corrected chi connectivity index (χ2v) is 8.38. The fourth-order valence-corrected chi connectivity index (χ4v) is 3.58. The van der Waals surface area contributed by atoms with Gasteiger partial charge < -0.3 is 5.32 Å². The number of carbonyl (C=O) groups is 1. The Hall–Kier alpha value is -1.70. The van der Waals surface area contributed by atoms with Crippen molar-refractivity contribution in [3.63, 3.8) is 0 Å². The van der Waals surface area contributed by atoms with E-state index in [9.17, 15) is 13.2 Å². The number of benzene rings is 2. The van der Waals surface area contributed by atoms with E-state index in [0.29, 0.717) is 0 Å². The van der Waals surface area contributed by atoms with Gasteiger partial charge in [0.25, 0.3) is 0 Å². The van der Waals surface area contributed by atoms with Gasteiger partial charge in [0.2, 0.25) is 15.9 Å². The lowest BCUT2D eigenvalue weighted by Gasteiger charge is -2.19. The van der Waals surface area contributed by atoms with Crippen LogP contribution in [0.15, 0.2) is 64.0 Å². The van der Waals surface area contributed by atoms with Gasteiger partial charge in [0.15, 0.2) is 0 Å². The SMILES string of the molecule is C[C@H](NC(=O)CN(C)S(=O)(=O)c1ccc(Br)cc1)c1ccccc1. The minimum atomic E-state index is -3.70. The zero-order valence-electron chi connectivity index (χ0n) is 13.4. The van der Waals surface area contributed by atoms with Gasteiger partial charge >= 0.3 is 0 Å². The number of nitrogens with one attached hydrogen (secondary N) is 1. The second kappa shape index (κ2) is 7.92. The highest BCUT2D eigenvalue weighted by Crippen LogP contribution is 2.18. The van der Waals surface area contributed by atoms with Crippen LogP contribution in [0, 0.1) is 0 Å². The minimum Gasteiger partial charge on any atom is -0.348 e. The normalized spacial score (nSPS) is 12.8. The van der Waals surface area contributed by atoms with Gasteiger partial charge in [-0.2, -0.15) is 4.31 Å². The topological polar surface area (TPSA) is 66.5 Å². The highest BCUT2D eigenvalue weighted by Gasteiger charge is 2.23. The molecule has 128 valence electrons. The molecule has 2 aromatic carbocycles. The first-order valence-corrected chi connectivity index (χ1v) is 9.60. The van der Waals surface area contributed by atoms with E-state index in [-0.39, 0.29) is 23.4 Å². The van der Waals surface area contributed by atoms with E-state index in [1.807, 2.05) is 37.3 Å². The molecule has 1 N–H and O–H groups in total. The Bertz CT molecular complexity index is 792. The third-order valence-corrected chi connectivity index (χ3v) is 5.91. The van der Waals surface area contributed by atoms with Crippen molar-refractivity contribution in [2.45, 2.75) is 17.9 Å². The molecule has 7 heteroatoms. The van der Waals surface area contributed by atoms with Gasteiger partial charge in [-0.25, -0.2) is 8.42 Å². The lowest BCUT2D eigenvalue weighted by Crippen LogP contribution is -2.39. The van der Waals surface area contributed by atoms with Gasteiger partial charge in [-0.05, 0) is 36.8 Å². The molecule has 0 radical (unpaired) electrons. The standard InChI is InChI=1S/C17H19BrN2O3S/c1-13(14-6-4-3-5-7-14)19-17(21)12-20(2)24(22,23)16-10-8-15(18)9-11-16/h3-11,13H,12H2,1-2H3,(H,19,21)/t13-/m0/s1. The molecule has 0 aliphatic rings. The summed E-state index contributed by atoms with van der Waals surface area (Å²) in [5.74, 6) is -0.352. The predicted octanol–water partition coefficient (Wildman–Crippen LogP) is 2.95. The van der Waals surface area contributed by atoms with E-state index in [2.05, 4.69) is 21.2 Å². The van der Waals surface area contributed by atoms with Crippen LogP contribution in [0.3, 0.4) is 0 Å². The summed E-state index contributed by atoms with van der Waals surface area (Å²) in [6.45, 7) is 1.62. The van der Waals surface area contributed by atoms with Crippen molar-refractivity contribution in [2.24, 2.45) is 0 Å². The molecule has 5 nitrogen and oxygen atoms in total. The number of hydrogen-bond donors (Lipinski definition) is 1. The number of sulfonamides is 1. The van der Waals surface area contributed by atoms with Crippen molar-refractivity contribution >= 4 is 31.9 Å². The molecule has 0 saturated heterocycles. The molecule has 0 saturated carbocycles. The van der Waals surface area contributed by atoms with Crippen molar-refractivity contribution in [2.75, 3.05) is 13.6 Å². The fraction of sp³-hybridized carbons (Fsp3) is 0.235. The van der Waals surface area contributed by atoms with Crippen molar-refractivity contribution in [3.05, 3.63) is 64.6 Å². The van der Waals surface area contributed by atoms with Crippen LogP contribution >= 0.6 is 15.9 Å². The molecule has 2 aromatic rings. The second-order valence-electron chi connectivity index (χ2n) is 5.41. The largest absolute Gasteiger partial charge is 0.348 e. The first-order chi connectivity index (χ1) is 11.3. The van der Waals surface area contributed by atoms with Crippen LogP contribution in [-0.4, -0.2) is 32.2 Å². The zero-order valence-corrected chi connectivity index (χ0v) is 15.8. The molecule has 0 unspecified atom stereocenters. The fourth-order valence-electron chi connectivity index (χ4n) is 2.19. The number of amides is 1. The van der Waals surface area contributed by atoms with Gasteiger partial charge in [-0.1, -0.05) is 46.3 Å². The molecule has 0 fully saturated rings. The first kappa shape index (κ1) is 18.6. The highest BCUT2D eigenvalue weighted by atomic mass is 79.9. The summed E-state index contributed by atoms with van der Waals surface area (Å²) in [6.07, 6.45) is 0. The Morgan fingerprint density at radius 1 is 1.12 bits per heavy atom. The molecule has 0 aliphatic carbocycles. The van der Waals surface area contributed by atoms with E-state index in [0.717, 1.165) is 14.3 Å². The summed E-state index contributed by atoms with van der Waals surface area (Å²) >= 11 is 3.27. The smallest absolute Gasteiger partial charge is 0.243 e. The number of halogens is 1. The van der Waals surface area contributed by atoms with Crippen LogP contribution in [0.5, 0.6) is 0 Å².